The number of benzene rings is 9. The predicted molar refractivity (Wildman–Crippen MR) is 262 cm³/mol. The number of alkyl halides is 3. The monoisotopic (exact) mass is 858 g/mol. The van der Waals surface area contributed by atoms with E-state index in [2.05, 4.69) is 143 Å². The molecule has 0 saturated heterocycles. The van der Waals surface area contributed by atoms with Crippen molar-refractivity contribution in [3.05, 3.63) is 222 Å². The van der Waals surface area contributed by atoms with Crippen molar-refractivity contribution >= 4 is 49.3 Å². The molecular formula is C59H37F3N4. The SMILES string of the molecule is [C-]#[N+]c1cc(C(F)(F)F)ccc1-c1ccc(-c2ccc(C#N)cc2-n2c3ccccc3c3cc(-c4cccc(C)c4)ccc32)c(-n2c3ccccc3c3cc(-c4cccc(C)c4)ccc32)c1. The van der Waals surface area contributed by atoms with Crippen LogP contribution in [0.4, 0.5) is 18.9 Å². The molecule has 7 heteroatoms. The highest BCUT2D eigenvalue weighted by atomic mass is 19.4. The van der Waals surface area contributed by atoms with Gasteiger partial charge in [0.15, 0.2) is 5.69 Å². The summed E-state index contributed by atoms with van der Waals surface area (Å²) in [5, 5.41) is 14.6. The van der Waals surface area contributed by atoms with E-state index in [4.69, 9.17) is 6.57 Å². The first-order valence-corrected chi connectivity index (χ1v) is 21.6. The second kappa shape index (κ2) is 15.6. The summed E-state index contributed by atoms with van der Waals surface area (Å²) in [7, 11) is 0. The molecule has 4 nitrogen and oxygen atoms in total. The van der Waals surface area contributed by atoms with Crippen LogP contribution in [0.1, 0.15) is 22.3 Å². The maximum atomic E-state index is 14.0. The van der Waals surface area contributed by atoms with Gasteiger partial charge in [0.05, 0.1) is 51.6 Å². The van der Waals surface area contributed by atoms with Crippen LogP contribution in [-0.2, 0) is 6.18 Å². The Hall–Kier alpha value is -8.65. The molecule has 9 aromatic carbocycles. The van der Waals surface area contributed by atoms with Gasteiger partial charge in [0.2, 0.25) is 0 Å². The van der Waals surface area contributed by atoms with Gasteiger partial charge < -0.3 is 9.13 Å². The van der Waals surface area contributed by atoms with E-state index >= 15 is 0 Å². The third-order valence-corrected chi connectivity index (χ3v) is 12.7. The first-order valence-electron chi connectivity index (χ1n) is 21.6. The molecule has 0 aliphatic carbocycles. The maximum absolute atomic E-state index is 14.0. The van der Waals surface area contributed by atoms with Crippen molar-refractivity contribution in [1.82, 2.24) is 9.13 Å². The van der Waals surface area contributed by atoms with Gasteiger partial charge in [0.25, 0.3) is 0 Å². The predicted octanol–water partition coefficient (Wildman–Crippen LogP) is 16.6. The molecule has 0 aliphatic rings. The van der Waals surface area contributed by atoms with Crippen LogP contribution in [-0.4, -0.2) is 9.13 Å². The number of aryl methyl sites for hydroxylation is 2. The second-order valence-corrected chi connectivity index (χ2v) is 16.8. The molecule has 0 N–H and O–H groups in total. The molecule has 0 unspecified atom stereocenters. The molecule has 0 radical (unpaired) electrons. The van der Waals surface area contributed by atoms with E-state index in [1.807, 2.05) is 60.7 Å². The Morgan fingerprint density at radius 1 is 0.455 bits per heavy atom. The third kappa shape index (κ3) is 6.69. The van der Waals surface area contributed by atoms with Gasteiger partial charge in [-0.1, -0.05) is 139 Å². The summed E-state index contributed by atoms with van der Waals surface area (Å²) in [6.07, 6.45) is -4.60. The third-order valence-electron chi connectivity index (χ3n) is 12.7. The van der Waals surface area contributed by atoms with E-state index in [0.717, 1.165) is 106 Å². The molecule has 0 spiro atoms. The minimum Gasteiger partial charge on any atom is -0.309 e. The first kappa shape index (κ1) is 40.1. The van der Waals surface area contributed by atoms with Gasteiger partial charge in [0.1, 0.15) is 0 Å². The van der Waals surface area contributed by atoms with Crippen molar-refractivity contribution in [2.75, 3.05) is 0 Å². The minimum atomic E-state index is -4.60. The molecule has 314 valence electrons. The summed E-state index contributed by atoms with van der Waals surface area (Å²) in [6.45, 7) is 12.2. The lowest BCUT2D eigenvalue weighted by atomic mass is 9.94. The van der Waals surface area contributed by atoms with Crippen molar-refractivity contribution in [1.29, 1.82) is 5.26 Å². The molecule has 11 aromatic rings. The fourth-order valence-electron chi connectivity index (χ4n) is 9.64. The number of nitrogens with zero attached hydrogens (tertiary/aromatic N) is 4. The van der Waals surface area contributed by atoms with Crippen LogP contribution in [0, 0.1) is 31.8 Å². The average Bonchev–Trinajstić information content (AvgIpc) is 3.85. The lowest BCUT2D eigenvalue weighted by Crippen LogP contribution is -2.04. The summed E-state index contributed by atoms with van der Waals surface area (Å²) in [5.74, 6) is 0. The summed E-state index contributed by atoms with van der Waals surface area (Å²) in [6, 6.07) is 63.7. The van der Waals surface area contributed by atoms with Gasteiger partial charge in [-0.25, -0.2) is 4.85 Å². The van der Waals surface area contributed by atoms with E-state index in [1.165, 1.54) is 11.6 Å². The minimum absolute atomic E-state index is 0.0945. The fraction of sp³-hybridized carbons (Fsp3) is 0.0508. The Kier molecular flexibility index (Phi) is 9.46. The van der Waals surface area contributed by atoms with Crippen LogP contribution in [0.2, 0.25) is 0 Å². The van der Waals surface area contributed by atoms with E-state index in [1.54, 1.807) is 0 Å². The van der Waals surface area contributed by atoms with Gasteiger partial charge in [0, 0.05) is 38.2 Å². The molecule has 0 aliphatic heterocycles. The fourth-order valence-corrected chi connectivity index (χ4v) is 9.64. The van der Waals surface area contributed by atoms with Crippen LogP contribution < -0.4 is 0 Å². The largest absolute Gasteiger partial charge is 0.415 e. The highest BCUT2D eigenvalue weighted by Gasteiger charge is 2.31. The van der Waals surface area contributed by atoms with Crippen molar-refractivity contribution in [3.8, 4) is 62.0 Å². The van der Waals surface area contributed by atoms with Gasteiger partial charge in [-0.05, 0) is 108 Å². The first-order chi connectivity index (χ1) is 32.1. The normalized spacial score (nSPS) is 11.7. The van der Waals surface area contributed by atoms with Crippen LogP contribution in [0.25, 0.3) is 104 Å². The Morgan fingerprint density at radius 2 is 0.939 bits per heavy atom. The van der Waals surface area contributed by atoms with Crippen molar-refractivity contribution in [3.63, 3.8) is 0 Å². The van der Waals surface area contributed by atoms with Crippen LogP contribution >= 0.6 is 0 Å². The molecule has 2 heterocycles. The quantitative estimate of drug-likeness (QED) is 0.154. The lowest BCUT2D eigenvalue weighted by Gasteiger charge is -2.20. The maximum Gasteiger partial charge on any atom is 0.415 e. The smallest absolute Gasteiger partial charge is 0.309 e. The van der Waals surface area contributed by atoms with Crippen molar-refractivity contribution in [2.45, 2.75) is 20.0 Å². The number of hydrogen-bond acceptors (Lipinski definition) is 1. The molecule has 0 atom stereocenters. The van der Waals surface area contributed by atoms with E-state index in [-0.39, 0.29) is 5.69 Å². The molecule has 0 saturated carbocycles. The number of hydrogen-bond donors (Lipinski definition) is 0. The summed E-state index contributed by atoms with van der Waals surface area (Å²) >= 11 is 0. The summed E-state index contributed by atoms with van der Waals surface area (Å²) in [5.41, 5.74) is 14.2. The number of fused-ring (bicyclic) bond motifs is 6. The number of aromatic nitrogens is 2. The van der Waals surface area contributed by atoms with Crippen LogP contribution in [0.3, 0.4) is 0 Å². The summed E-state index contributed by atoms with van der Waals surface area (Å²) < 4.78 is 46.4. The van der Waals surface area contributed by atoms with Crippen LogP contribution in [0.5, 0.6) is 0 Å². The van der Waals surface area contributed by atoms with E-state index in [0.29, 0.717) is 16.7 Å². The molecule has 0 fully saturated rings. The zero-order valence-electron chi connectivity index (χ0n) is 35.8. The van der Waals surface area contributed by atoms with Gasteiger partial charge in [-0.15, -0.1) is 0 Å². The molecule has 66 heavy (non-hydrogen) atoms. The van der Waals surface area contributed by atoms with E-state index in [9.17, 15) is 18.4 Å². The zero-order chi connectivity index (χ0) is 45.3. The highest BCUT2D eigenvalue weighted by Crippen LogP contribution is 2.45. The molecule has 0 amide bonds. The second-order valence-electron chi connectivity index (χ2n) is 16.8. The highest BCUT2D eigenvalue weighted by molar-refractivity contribution is 6.13. The van der Waals surface area contributed by atoms with Crippen molar-refractivity contribution < 1.29 is 13.2 Å². The van der Waals surface area contributed by atoms with Gasteiger partial charge >= 0.3 is 6.18 Å². The number of para-hydroxylation sites is 2. The molecule has 2 aromatic heterocycles. The van der Waals surface area contributed by atoms with Gasteiger partial charge in [-0.3, -0.25) is 0 Å². The Labute approximate surface area is 379 Å². The zero-order valence-corrected chi connectivity index (χ0v) is 35.8. The number of nitriles is 1. The van der Waals surface area contributed by atoms with Crippen molar-refractivity contribution in [2.24, 2.45) is 0 Å². The molecule has 0 bridgehead atoms. The lowest BCUT2D eigenvalue weighted by molar-refractivity contribution is -0.137. The van der Waals surface area contributed by atoms with E-state index < -0.39 is 11.7 Å². The summed E-state index contributed by atoms with van der Waals surface area (Å²) in [4.78, 5) is 3.60. The topological polar surface area (TPSA) is 38.0 Å². The van der Waals surface area contributed by atoms with Crippen LogP contribution in [0.15, 0.2) is 188 Å². The van der Waals surface area contributed by atoms with Gasteiger partial charge in [-0.2, -0.15) is 18.4 Å². The average molecular weight is 859 g/mol. The Balaban J connectivity index is 1.21. The molecular weight excluding hydrogens is 822 g/mol. The standard InChI is InChI=1S/C59H37F3N4/c1-36-10-8-12-39(28-36)41-20-26-55-50(31-41)46-14-4-6-16-53(46)65(55)57-30-38(35-63)18-23-48(57)49-24-19-43(45-25-22-44(59(60,61)62)34-52(45)64-3)33-58(49)66-54-17-7-5-15-47(54)51-32-42(21-27-56(51)66)40-13-9-11-37(2)29-40/h4-34H,1-2H3. The molecule has 11 rings (SSSR count). The number of rotatable bonds is 6. The Morgan fingerprint density at radius 3 is 1.47 bits per heavy atom. The Bertz CT molecular complexity index is 3870. The number of halogens is 3.